The van der Waals surface area contributed by atoms with Crippen molar-refractivity contribution < 1.29 is 4.74 Å². The van der Waals surface area contributed by atoms with Crippen molar-refractivity contribution in [1.82, 2.24) is 0 Å². The summed E-state index contributed by atoms with van der Waals surface area (Å²) in [6.07, 6.45) is 0.744. The lowest BCUT2D eigenvalue weighted by atomic mass is 9.85. The predicted molar refractivity (Wildman–Crippen MR) is 102 cm³/mol. The Bertz CT molecular complexity index is 858. The molecule has 0 radical (unpaired) electrons. The van der Waals surface area contributed by atoms with Crippen LogP contribution in [0.15, 0.2) is 96.0 Å². The van der Waals surface area contributed by atoms with E-state index in [-0.39, 0.29) is 11.6 Å². The molecule has 0 aromatic heterocycles. The first-order valence-electron chi connectivity index (χ1n) is 8.65. The Morgan fingerprint density at radius 2 is 1.36 bits per heavy atom. The third-order valence-electron chi connectivity index (χ3n) is 4.68. The van der Waals surface area contributed by atoms with E-state index < -0.39 is 0 Å². The molecule has 124 valence electrons. The molecule has 25 heavy (non-hydrogen) atoms. The number of hydrogen-bond donors (Lipinski definition) is 0. The fourth-order valence-electron chi connectivity index (χ4n) is 3.47. The van der Waals surface area contributed by atoms with Gasteiger partial charge in [0.2, 0.25) is 5.90 Å². The van der Waals surface area contributed by atoms with Crippen LogP contribution in [0.1, 0.15) is 29.7 Å². The molecule has 0 unspecified atom stereocenters. The average molecular weight is 327 g/mol. The highest BCUT2D eigenvalue weighted by Gasteiger charge is 2.43. The molecule has 0 aliphatic carbocycles. The van der Waals surface area contributed by atoms with Crippen LogP contribution in [0.3, 0.4) is 0 Å². The zero-order valence-corrected chi connectivity index (χ0v) is 14.3. The van der Waals surface area contributed by atoms with Crippen LogP contribution in [0, 0.1) is 0 Å². The summed E-state index contributed by atoms with van der Waals surface area (Å²) in [4.78, 5) is 5.04. The lowest BCUT2D eigenvalue weighted by molar-refractivity contribution is 0.147. The van der Waals surface area contributed by atoms with Crippen LogP contribution < -0.4 is 0 Å². The minimum absolute atomic E-state index is 0.0934. The molecular formula is C23H21NO. The summed E-state index contributed by atoms with van der Waals surface area (Å²) in [5.41, 5.74) is 3.12. The summed E-state index contributed by atoms with van der Waals surface area (Å²) in [5, 5.41) is 0. The third kappa shape index (κ3) is 3.20. The van der Waals surface area contributed by atoms with Gasteiger partial charge in [0.25, 0.3) is 0 Å². The zero-order valence-electron chi connectivity index (χ0n) is 14.3. The molecule has 0 saturated carbocycles. The lowest BCUT2D eigenvalue weighted by Crippen LogP contribution is -2.30. The maximum Gasteiger partial charge on any atom is 0.217 e. The number of ether oxygens (including phenoxy) is 1. The van der Waals surface area contributed by atoms with Gasteiger partial charge in [0.05, 0.1) is 0 Å². The monoisotopic (exact) mass is 327 g/mol. The Hall–Kier alpha value is -2.87. The Morgan fingerprint density at radius 3 is 2.00 bits per heavy atom. The molecule has 0 amide bonds. The van der Waals surface area contributed by atoms with Crippen molar-refractivity contribution >= 4 is 5.90 Å². The van der Waals surface area contributed by atoms with E-state index in [0.29, 0.717) is 0 Å². The van der Waals surface area contributed by atoms with Crippen LogP contribution >= 0.6 is 0 Å². The summed E-state index contributed by atoms with van der Waals surface area (Å²) in [6, 6.07) is 31.1. The summed E-state index contributed by atoms with van der Waals surface area (Å²) >= 11 is 0. The maximum absolute atomic E-state index is 6.37. The van der Waals surface area contributed by atoms with Gasteiger partial charge in [-0.2, -0.15) is 0 Å². The van der Waals surface area contributed by atoms with Gasteiger partial charge in [0.1, 0.15) is 5.54 Å². The first kappa shape index (κ1) is 15.6. The summed E-state index contributed by atoms with van der Waals surface area (Å²) in [5.74, 6) is 0.730. The molecule has 0 N–H and O–H groups in total. The Labute approximate surface area is 148 Å². The van der Waals surface area contributed by atoms with E-state index in [4.69, 9.17) is 9.73 Å². The third-order valence-corrected chi connectivity index (χ3v) is 4.68. The van der Waals surface area contributed by atoms with E-state index >= 15 is 0 Å². The minimum atomic E-state index is -0.339. The van der Waals surface area contributed by atoms with E-state index in [0.717, 1.165) is 23.4 Å². The molecule has 2 atom stereocenters. The van der Waals surface area contributed by atoms with Gasteiger partial charge >= 0.3 is 0 Å². The molecule has 0 bridgehead atoms. The maximum atomic E-state index is 6.37. The van der Waals surface area contributed by atoms with Gasteiger partial charge in [-0.3, -0.25) is 0 Å². The van der Waals surface area contributed by atoms with Crippen molar-refractivity contribution in [3.8, 4) is 0 Å². The van der Waals surface area contributed by atoms with Gasteiger partial charge < -0.3 is 4.74 Å². The van der Waals surface area contributed by atoms with E-state index in [2.05, 4.69) is 67.6 Å². The zero-order chi connectivity index (χ0) is 17.1. The molecule has 3 aromatic carbocycles. The highest BCUT2D eigenvalue weighted by atomic mass is 16.5. The summed E-state index contributed by atoms with van der Waals surface area (Å²) < 4.78 is 6.37. The van der Waals surface area contributed by atoms with Gasteiger partial charge in [0.15, 0.2) is 6.10 Å². The van der Waals surface area contributed by atoms with Crippen LogP contribution in [0.2, 0.25) is 0 Å². The average Bonchev–Trinajstić information content (AvgIpc) is 3.01. The van der Waals surface area contributed by atoms with Crippen molar-refractivity contribution in [1.29, 1.82) is 0 Å². The molecule has 2 heteroatoms. The molecule has 1 aliphatic heterocycles. The Morgan fingerprint density at radius 1 is 0.800 bits per heavy atom. The molecule has 0 spiro atoms. The van der Waals surface area contributed by atoms with Crippen molar-refractivity contribution in [3.05, 3.63) is 108 Å². The van der Waals surface area contributed by atoms with Crippen molar-refractivity contribution in [3.63, 3.8) is 0 Å². The highest BCUT2D eigenvalue weighted by Crippen LogP contribution is 2.41. The SMILES string of the molecule is C[C@@]1(Cc2ccccc2)N=C(c2ccccc2)O[C@H]1c1ccccc1. The van der Waals surface area contributed by atoms with Gasteiger partial charge in [-0.25, -0.2) is 4.99 Å². The van der Waals surface area contributed by atoms with Crippen LogP contribution in [-0.4, -0.2) is 11.4 Å². The van der Waals surface area contributed by atoms with Crippen molar-refractivity contribution in [2.24, 2.45) is 4.99 Å². The van der Waals surface area contributed by atoms with Crippen molar-refractivity contribution in [2.75, 3.05) is 0 Å². The van der Waals surface area contributed by atoms with E-state index in [1.807, 2.05) is 30.3 Å². The van der Waals surface area contributed by atoms with Gasteiger partial charge in [-0.15, -0.1) is 0 Å². The molecule has 1 heterocycles. The summed E-state index contributed by atoms with van der Waals surface area (Å²) in [6.45, 7) is 2.19. The molecule has 4 rings (SSSR count). The number of rotatable bonds is 4. The fourth-order valence-corrected chi connectivity index (χ4v) is 3.47. The Balaban J connectivity index is 1.73. The highest BCUT2D eigenvalue weighted by molar-refractivity contribution is 5.95. The first-order valence-corrected chi connectivity index (χ1v) is 8.65. The summed E-state index contributed by atoms with van der Waals surface area (Å²) in [7, 11) is 0. The van der Waals surface area contributed by atoms with E-state index in [1.165, 1.54) is 5.56 Å². The smallest absolute Gasteiger partial charge is 0.217 e. The number of nitrogens with zero attached hydrogens (tertiary/aromatic N) is 1. The predicted octanol–water partition coefficient (Wildman–Crippen LogP) is 5.21. The molecule has 0 saturated heterocycles. The molecular weight excluding hydrogens is 306 g/mol. The molecule has 0 fully saturated rings. The normalized spacial score (nSPS) is 22.3. The molecule has 1 aliphatic rings. The number of hydrogen-bond acceptors (Lipinski definition) is 2. The lowest BCUT2D eigenvalue weighted by Gasteiger charge is -2.28. The van der Waals surface area contributed by atoms with Crippen molar-refractivity contribution in [2.45, 2.75) is 25.0 Å². The molecule has 2 nitrogen and oxygen atoms in total. The fraction of sp³-hybridized carbons (Fsp3) is 0.174. The second-order valence-electron chi connectivity index (χ2n) is 6.71. The largest absolute Gasteiger partial charge is 0.467 e. The van der Waals surface area contributed by atoms with E-state index in [9.17, 15) is 0 Å². The number of aliphatic imine (C=N–C) groups is 1. The van der Waals surface area contributed by atoms with Gasteiger partial charge in [-0.1, -0.05) is 78.9 Å². The minimum Gasteiger partial charge on any atom is -0.467 e. The quantitative estimate of drug-likeness (QED) is 0.645. The topological polar surface area (TPSA) is 21.6 Å². The van der Waals surface area contributed by atoms with Crippen LogP contribution in [0.5, 0.6) is 0 Å². The standard InChI is InChI=1S/C23H21NO/c1-23(17-18-11-5-2-6-12-18)21(19-13-7-3-8-14-19)25-22(24-23)20-15-9-4-10-16-20/h2-16,21H,17H2,1H3/t21-,23-/m0/s1. The second-order valence-corrected chi connectivity index (χ2v) is 6.71. The van der Waals surface area contributed by atoms with E-state index in [1.54, 1.807) is 0 Å². The van der Waals surface area contributed by atoms with Crippen LogP contribution in [0.4, 0.5) is 0 Å². The van der Waals surface area contributed by atoms with Gasteiger partial charge in [-0.05, 0) is 30.2 Å². The number of benzene rings is 3. The Kier molecular flexibility index (Phi) is 4.10. The first-order chi connectivity index (χ1) is 12.2. The van der Waals surface area contributed by atoms with Gasteiger partial charge in [0, 0.05) is 12.0 Å². The van der Waals surface area contributed by atoms with Crippen LogP contribution in [0.25, 0.3) is 0 Å². The molecule has 3 aromatic rings. The second kappa shape index (κ2) is 6.56. The van der Waals surface area contributed by atoms with Crippen LogP contribution in [-0.2, 0) is 11.2 Å².